The van der Waals surface area contributed by atoms with E-state index in [1.807, 2.05) is 0 Å². The predicted molar refractivity (Wildman–Crippen MR) is 69.3 cm³/mol. The maximum Gasteiger partial charge on any atom is 0.338 e. The third-order valence-corrected chi connectivity index (χ3v) is 2.52. The minimum atomic E-state index is -0.969. The Balaban J connectivity index is 1.97. The fourth-order valence-electron chi connectivity index (χ4n) is 1.50. The Morgan fingerprint density at radius 3 is 2.89 bits per heavy atom. The zero-order valence-electron chi connectivity index (χ0n) is 11.2. The molecule has 0 aromatic carbocycles. The summed E-state index contributed by atoms with van der Waals surface area (Å²) in [4.78, 5) is 10.6. The molecule has 0 unspecified atom stereocenters. The summed E-state index contributed by atoms with van der Waals surface area (Å²) in [6.07, 6.45) is 3.23. The van der Waals surface area contributed by atoms with Crippen molar-refractivity contribution >= 4 is 5.97 Å². The van der Waals surface area contributed by atoms with Crippen LogP contribution in [-0.4, -0.2) is 44.6 Å². The molecule has 19 heavy (non-hydrogen) atoms. The van der Waals surface area contributed by atoms with E-state index < -0.39 is 5.97 Å². The van der Waals surface area contributed by atoms with E-state index in [1.54, 1.807) is 7.11 Å². The highest BCUT2D eigenvalue weighted by Crippen LogP contribution is 2.07. The number of carbonyl (C=O) groups is 1. The molecule has 108 valence electrons. The first-order valence-electron chi connectivity index (χ1n) is 6.32. The van der Waals surface area contributed by atoms with Gasteiger partial charge in [0.1, 0.15) is 12.0 Å². The largest absolute Gasteiger partial charge is 0.478 e. The Bertz CT molecular complexity index is 364. The van der Waals surface area contributed by atoms with E-state index in [1.165, 1.54) is 12.3 Å². The number of hydrogen-bond donors (Lipinski definition) is 2. The molecule has 0 aliphatic heterocycles. The molecule has 0 bridgehead atoms. The van der Waals surface area contributed by atoms with E-state index in [9.17, 15) is 4.79 Å². The van der Waals surface area contributed by atoms with Gasteiger partial charge in [0.2, 0.25) is 0 Å². The van der Waals surface area contributed by atoms with E-state index in [-0.39, 0.29) is 5.56 Å². The van der Waals surface area contributed by atoms with Crippen molar-refractivity contribution in [3.05, 3.63) is 23.7 Å². The smallest absolute Gasteiger partial charge is 0.338 e. The standard InChI is InChI=1S/C13H21NO5/c1-17-6-7-18-5-3-2-4-14-9-12-8-11(10-19-12)13(15)16/h8,10,14H,2-7,9H2,1H3,(H,15,16). The van der Waals surface area contributed by atoms with Crippen LogP contribution in [0.4, 0.5) is 0 Å². The monoisotopic (exact) mass is 271 g/mol. The predicted octanol–water partition coefficient (Wildman–Crippen LogP) is 1.51. The lowest BCUT2D eigenvalue weighted by Gasteiger charge is -2.04. The Morgan fingerprint density at radius 2 is 2.21 bits per heavy atom. The van der Waals surface area contributed by atoms with Gasteiger partial charge in [-0.15, -0.1) is 0 Å². The summed E-state index contributed by atoms with van der Waals surface area (Å²) in [6.45, 7) is 3.38. The molecular weight excluding hydrogens is 250 g/mol. The molecule has 0 spiro atoms. The number of rotatable bonds is 11. The van der Waals surface area contributed by atoms with E-state index in [0.29, 0.717) is 25.5 Å². The van der Waals surface area contributed by atoms with Gasteiger partial charge in [-0.3, -0.25) is 0 Å². The quantitative estimate of drug-likeness (QED) is 0.594. The van der Waals surface area contributed by atoms with Crippen molar-refractivity contribution in [1.82, 2.24) is 5.32 Å². The number of hydrogen-bond acceptors (Lipinski definition) is 5. The van der Waals surface area contributed by atoms with Crippen LogP contribution in [0.25, 0.3) is 0 Å². The van der Waals surface area contributed by atoms with Crippen molar-refractivity contribution < 1.29 is 23.8 Å². The summed E-state index contributed by atoms with van der Waals surface area (Å²) in [7, 11) is 1.65. The molecule has 0 aliphatic rings. The molecular formula is C13H21NO5. The molecule has 0 saturated carbocycles. The van der Waals surface area contributed by atoms with E-state index in [4.69, 9.17) is 19.0 Å². The molecule has 0 radical (unpaired) electrons. The van der Waals surface area contributed by atoms with Gasteiger partial charge < -0.3 is 24.3 Å². The van der Waals surface area contributed by atoms with Crippen LogP contribution in [0, 0.1) is 0 Å². The Morgan fingerprint density at radius 1 is 1.37 bits per heavy atom. The second-order valence-electron chi connectivity index (χ2n) is 4.10. The summed E-state index contributed by atoms with van der Waals surface area (Å²) in [5, 5.41) is 11.9. The maximum absolute atomic E-state index is 10.6. The van der Waals surface area contributed by atoms with Gasteiger partial charge in [-0.05, 0) is 25.5 Å². The molecule has 0 amide bonds. The Labute approximate surface area is 112 Å². The normalized spacial score (nSPS) is 10.8. The third kappa shape index (κ3) is 6.95. The second-order valence-corrected chi connectivity index (χ2v) is 4.10. The van der Waals surface area contributed by atoms with Gasteiger partial charge in [-0.25, -0.2) is 4.79 Å². The van der Waals surface area contributed by atoms with E-state index in [2.05, 4.69) is 5.32 Å². The highest BCUT2D eigenvalue weighted by Gasteiger charge is 2.07. The molecule has 6 heteroatoms. The Hall–Kier alpha value is -1.37. The van der Waals surface area contributed by atoms with Gasteiger partial charge >= 0.3 is 5.97 Å². The average Bonchev–Trinajstić information content (AvgIpc) is 2.86. The van der Waals surface area contributed by atoms with Gasteiger partial charge in [-0.2, -0.15) is 0 Å². The summed E-state index contributed by atoms with van der Waals surface area (Å²) in [6, 6.07) is 1.53. The highest BCUT2D eigenvalue weighted by molar-refractivity contribution is 5.87. The molecule has 0 aliphatic carbocycles. The highest BCUT2D eigenvalue weighted by atomic mass is 16.5. The van der Waals surface area contributed by atoms with Crippen LogP contribution in [0.3, 0.4) is 0 Å². The number of furan rings is 1. The van der Waals surface area contributed by atoms with E-state index in [0.717, 1.165) is 26.0 Å². The van der Waals surface area contributed by atoms with Crippen LogP contribution in [0.5, 0.6) is 0 Å². The zero-order chi connectivity index (χ0) is 13.9. The topological polar surface area (TPSA) is 80.9 Å². The molecule has 0 saturated heterocycles. The molecule has 1 aromatic heterocycles. The van der Waals surface area contributed by atoms with Crippen molar-refractivity contribution in [3.63, 3.8) is 0 Å². The third-order valence-electron chi connectivity index (χ3n) is 2.52. The fourth-order valence-corrected chi connectivity index (χ4v) is 1.50. The summed E-state index contributed by atoms with van der Waals surface area (Å²) in [5.74, 6) is -0.336. The first kappa shape index (κ1) is 15.7. The minimum Gasteiger partial charge on any atom is -0.478 e. The van der Waals surface area contributed by atoms with Crippen molar-refractivity contribution in [1.29, 1.82) is 0 Å². The lowest BCUT2D eigenvalue weighted by molar-refractivity contribution is 0.0688. The Kier molecular flexibility index (Phi) is 7.88. The first-order chi connectivity index (χ1) is 9.24. The van der Waals surface area contributed by atoms with Crippen LogP contribution in [-0.2, 0) is 16.0 Å². The number of carboxylic acid groups (broad SMARTS) is 1. The fraction of sp³-hybridized carbons (Fsp3) is 0.615. The summed E-state index contributed by atoms with van der Waals surface area (Å²) < 4.78 is 15.3. The number of unbranched alkanes of at least 4 members (excludes halogenated alkanes) is 1. The lowest BCUT2D eigenvalue weighted by atomic mass is 10.3. The lowest BCUT2D eigenvalue weighted by Crippen LogP contribution is -2.15. The molecule has 0 fully saturated rings. The van der Waals surface area contributed by atoms with E-state index >= 15 is 0 Å². The van der Waals surface area contributed by atoms with Crippen LogP contribution in [0.1, 0.15) is 29.0 Å². The number of ether oxygens (including phenoxy) is 2. The summed E-state index contributed by atoms with van der Waals surface area (Å²) in [5.41, 5.74) is 0.184. The zero-order valence-corrected chi connectivity index (χ0v) is 11.2. The minimum absolute atomic E-state index is 0.184. The number of carboxylic acids is 1. The SMILES string of the molecule is COCCOCCCCNCc1cc(C(=O)O)co1. The molecule has 1 rings (SSSR count). The number of nitrogens with one attached hydrogen (secondary N) is 1. The molecule has 2 N–H and O–H groups in total. The van der Waals surface area contributed by atoms with Crippen molar-refractivity contribution in [2.45, 2.75) is 19.4 Å². The first-order valence-corrected chi connectivity index (χ1v) is 6.32. The van der Waals surface area contributed by atoms with Gasteiger partial charge in [0, 0.05) is 13.7 Å². The number of methoxy groups -OCH3 is 1. The van der Waals surface area contributed by atoms with Gasteiger partial charge in [0.15, 0.2) is 0 Å². The summed E-state index contributed by atoms with van der Waals surface area (Å²) >= 11 is 0. The molecule has 1 aromatic rings. The van der Waals surface area contributed by atoms with Crippen molar-refractivity contribution in [2.75, 3.05) is 33.5 Å². The average molecular weight is 271 g/mol. The van der Waals surface area contributed by atoms with Crippen LogP contribution in [0.2, 0.25) is 0 Å². The van der Waals surface area contributed by atoms with Gasteiger partial charge in [0.25, 0.3) is 0 Å². The maximum atomic E-state index is 10.6. The molecule has 6 nitrogen and oxygen atoms in total. The van der Waals surface area contributed by atoms with Gasteiger partial charge in [-0.1, -0.05) is 0 Å². The number of aromatic carboxylic acids is 1. The van der Waals surface area contributed by atoms with Gasteiger partial charge in [0.05, 0.1) is 25.3 Å². The van der Waals surface area contributed by atoms with Crippen LogP contribution >= 0.6 is 0 Å². The van der Waals surface area contributed by atoms with Crippen LogP contribution < -0.4 is 5.32 Å². The van der Waals surface area contributed by atoms with Crippen molar-refractivity contribution in [2.24, 2.45) is 0 Å². The van der Waals surface area contributed by atoms with Crippen LogP contribution in [0.15, 0.2) is 16.7 Å². The molecule has 1 heterocycles. The molecule has 0 atom stereocenters. The second kappa shape index (κ2) is 9.55. The van der Waals surface area contributed by atoms with Crippen molar-refractivity contribution in [3.8, 4) is 0 Å².